The van der Waals surface area contributed by atoms with E-state index in [0.29, 0.717) is 22.5 Å². The van der Waals surface area contributed by atoms with Crippen molar-refractivity contribution in [1.82, 2.24) is 10.2 Å². The van der Waals surface area contributed by atoms with Crippen molar-refractivity contribution in [3.63, 3.8) is 0 Å². The molecule has 0 aromatic heterocycles. The summed E-state index contributed by atoms with van der Waals surface area (Å²) in [6.45, 7) is 4.32. The van der Waals surface area contributed by atoms with Gasteiger partial charge >= 0.3 is 6.03 Å². The minimum Gasteiger partial charge on any atom is -0.497 e. The van der Waals surface area contributed by atoms with E-state index < -0.39 is 17.7 Å². The molecule has 3 N–H and O–H groups in total. The molecule has 0 bridgehead atoms. The fourth-order valence-electron chi connectivity index (χ4n) is 4.71. The van der Waals surface area contributed by atoms with Gasteiger partial charge in [0.05, 0.1) is 25.6 Å². The lowest BCUT2D eigenvalue weighted by Gasteiger charge is -2.43. The summed E-state index contributed by atoms with van der Waals surface area (Å²) in [5, 5.41) is 17.8. The smallest absolute Gasteiger partial charge is 0.329 e. The molecule has 2 aliphatic rings. The molecule has 0 radical (unpaired) electrons. The average molecular weight is 533 g/mol. The lowest BCUT2D eigenvalue weighted by molar-refractivity contribution is -0.140. The highest BCUT2D eigenvalue weighted by Gasteiger charge is 2.53. The molecule has 182 valence electrons. The minimum atomic E-state index is -2.32. The number of hydrogen-bond donors (Lipinski definition) is 3. The molecular weight excluding hydrogens is 504 g/mol. The second-order valence-electron chi connectivity index (χ2n) is 8.30. The Morgan fingerprint density at radius 3 is 2.76 bits per heavy atom. The average Bonchev–Trinajstić information content (AvgIpc) is 3.30. The number of halogens is 1. The lowest BCUT2D eigenvalue weighted by Crippen LogP contribution is -2.63. The van der Waals surface area contributed by atoms with Crippen LogP contribution in [-0.4, -0.2) is 61.8 Å². The highest BCUT2D eigenvalue weighted by atomic mass is 79.9. The number of hydrogen-bond acceptors (Lipinski definition) is 6. The molecule has 0 spiro atoms. The Balaban J connectivity index is 1.78. The van der Waals surface area contributed by atoms with E-state index in [1.54, 1.807) is 36.4 Å². The van der Waals surface area contributed by atoms with Gasteiger partial charge in [0.25, 0.3) is 11.6 Å². The second kappa shape index (κ2) is 9.81. The van der Waals surface area contributed by atoms with E-state index in [9.17, 15) is 14.7 Å². The predicted octanol–water partition coefficient (Wildman–Crippen LogP) is 3.26. The summed E-state index contributed by atoms with van der Waals surface area (Å²) < 4.78 is 11.4. The molecule has 4 rings (SSSR count). The number of amides is 3. The summed E-state index contributed by atoms with van der Waals surface area (Å²) in [4.78, 5) is 30.4. The largest absolute Gasteiger partial charge is 0.497 e. The van der Waals surface area contributed by atoms with Crippen LogP contribution in [0.3, 0.4) is 0 Å². The van der Waals surface area contributed by atoms with Crippen LogP contribution in [-0.2, 0) is 10.5 Å². The highest BCUT2D eigenvalue weighted by Crippen LogP contribution is 2.44. The number of anilines is 2. The van der Waals surface area contributed by atoms with Crippen LogP contribution in [0.15, 0.2) is 40.9 Å². The van der Waals surface area contributed by atoms with E-state index >= 15 is 0 Å². The molecule has 0 aliphatic carbocycles. The van der Waals surface area contributed by atoms with Crippen molar-refractivity contribution in [2.45, 2.75) is 31.5 Å². The number of carbonyl (C=O) groups excluding carboxylic acids is 2. The van der Waals surface area contributed by atoms with Crippen LogP contribution in [0, 0.1) is 0 Å². The number of fused-ring (bicyclic) bond motifs is 1. The van der Waals surface area contributed by atoms with Gasteiger partial charge in [-0.25, -0.2) is 9.69 Å². The van der Waals surface area contributed by atoms with E-state index in [4.69, 9.17) is 9.47 Å². The van der Waals surface area contributed by atoms with Gasteiger partial charge in [-0.05, 0) is 56.3 Å². The summed E-state index contributed by atoms with van der Waals surface area (Å²) >= 11 is 3.42. The molecule has 2 aromatic rings. The zero-order valence-electron chi connectivity index (χ0n) is 19.4. The highest BCUT2D eigenvalue weighted by molar-refractivity contribution is 9.10. The minimum absolute atomic E-state index is 0.181. The van der Waals surface area contributed by atoms with Gasteiger partial charge < -0.3 is 25.2 Å². The van der Waals surface area contributed by atoms with E-state index in [0.717, 1.165) is 30.8 Å². The van der Waals surface area contributed by atoms with Gasteiger partial charge in [-0.3, -0.25) is 9.69 Å². The Labute approximate surface area is 207 Å². The summed E-state index contributed by atoms with van der Waals surface area (Å²) in [6, 6.07) is 9.34. The van der Waals surface area contributed by atoms with Crippen molar-refractivity contribution < 1.29 is 24.2 Å². The van der Waals surface area contributed by atoms with Gasteiger partial charge in [0.15, 0.2) is 0 Å². The van der Waals surface area contributed by atoms with Crippen LogP contribution in [0.4, 0.5) is 16.2 Å². The van der Waals surface area contributed by atoms with E-state index in [-0.39, 0.29) is 23.0 Å². The monoisotopic (exact) mass is 532 g/mol. The number of ether oxygens (including phenoxy) is 2. The van der Waals surface area contributed by atoms with Crippen LogP contribution in [0.1, 0.15) is 25.3 Å². The summed E-state index contributed by atoms with van der Waals surface area (Å²) in [7, 11) is 2.96. The maximum atomic E-state index is 13.7. The number of likely N-dealkylation sites (tertiary alicyclic amines) is 1. The van der Waals surface area contributed by atoms with Gasteiger partial charge in [0.1, 0.15) is 11.5 Å². The Kier molecular flexibility index (Phi) is 7.01. The summed E-state index contributed by atoms with van der Waals surface area (Å²) in [5.41, 5.74) is -1.50. The molecule has 0 unspecified atom stereocenters. The van der Waals surface area contributed by atoms with Crippen LogP contribution < -0.4 is 25.0 Å². The molecule has 2 heterocycles. The number of nitrogens with one attached hydrogen (secondary N) is 2. The quantitative estimate of drug-likeness (QED) is 0.505. The number of benzene rings is 2. The first-order valence-electron chi connectivity index (χ1n) is 11.2. The molecule has 9 nitrogen and oxygen atoms in total. The Morgan fingerprint density at radius 1 is 1.26 bits per heavy atom. The molecule has 2 aliphatic heterocycles. The molecule has 1 fully saturated rings. The zero-order valence-corrected chi connectivity index (χ0v) is 21.0. The number of carbonyl (C=O) groups is 2. The van der Waals surface area contributed by atoms with Crippen LogP contribution >= 0.6 is 15.9 Å². The van der Waals surface area contributed by atoms with Gasteiger partial charge in [-0.2, -0.15) is 0 Å². The van der Waals surface area contributed by atoms with Gasteiger partial charge in [-0.1, -0.05) is 22.9 Å². The van der Waals surface area contributed by atoms with Crippen molar-refractivity contribution in [2.75, 3.05) is 44.1 Å². The first kappa shape index (κ1) is 24.3. The molecular formula is C24H29BrN4O5. The van der Waals surface area contributed by atoms with Gasteiger partial charge in [0, 0.05) is 28.7 Å². The number of urea groups is 1. The SMILES string of the molecule is CCN1CCC[C@@H]1CNC(=O)[C@]1(O)c2cc(Br)ccc2NC(=O)N1c1ccc(OC)cc1OC. The van der Waals surface area contributed by atoms with Crippen molar-refractivity contribution in [3.8, 4) is 11.5 Å². The maximum absolute atomic E-state index is 13.7. The lowest BCUT2D eigenvalue weighted by atomic mass is 9.94. The van der Waals surface area contributed by atoms with Crippen molar-refractivity contribution in [1.29, 1.82) is 0 Å². The van der Waals surface area contributed by atoms with Crippen LogP contribution in [0.2, 0.25) is 0 Å². The van der Waals surface area contributed by atoms with E-state index in [1.807, 2.05) is 0 Å². The number of aliphatic hydroxyl groups is 1. The fraction of sp³-hybridized carbons (Fsp3) is 0.417. The predicted molar refractivity (Wildman–Crippen MR) is 132 cm³/mol. The standard InChI is InChI=1S/C24H29BrN4O5/c1-4-28-11-5-6-16(28)14-26-22(30)24(32)18-12-15(25)7-9-19(18)27-23(31)29(24)20-10-8-17(33-2)13-21(20)34-3/h7-10,12-13,16,32H,4-6,11,14H2,1-3H3,(H,26,30)(H,27,31)/t16-,24-/m1/s1. The van der Waals surface area contributed by atoms with E-state index in [1.165, 1.54) is 14.2 Å². The molecule has 2 atom stereocenters. The fourth-order valence-corrected chi connectivity index (χ4v) is 5.07. The number of likely N-dealkylation sites (N-methyl/N-ethyl adjacent to an activating group) is 1. The third kappa shape index (κ3) is 4.21. The first-order chi connectivity index (χ1) is 16.3. The maximum Gasteiger partial charge on any atom is 0.329 e. The van der Waals surface area contributed by atoms with Gasteiger partial charge in [-0.15, -0.1) is 0 Å². The number of rotatable bonds is 7. The molecule has 34 heavy (non-hydrogen) atoms. The molecule has 3 amide bonds. The first-order valence-corrected chi connectivity index (χ1v) is 12.0. The zero-order chi connectivity index (χ0) is 24.5. The number of methoxy groups -OCH3 is 2. The van der Waals surface area contributed by atoms with Crippen LogP contribution in [0.5, 0.6) is 11.5 Å². The molecule has 10 heteroatoms. The summed E-state index contributed by atoms with van der Waals surface area (Å²) in [6.07, 6.45) is 2.02. The van der Waals surface area contributed by atoms with E-state index in [2.05, 4.69) is 38.4 Å². The van der Waals surface area contributed by atoms with Gasteiger partial charge in [0.2, 0.25) is 0 Å². The third-order valence-corrected chi connectivity index (χ3v) is 6.97. The van der Waals surface area contributed by atoms with Crippen LogP contribution in [0.25, 0.3) is 0 Å². The second-order valence-corrected chi connectivity index (χ2v) is 9.22. The molecule has 0 saturated carbocycles. The van der Waals surface area contributed by atoms with Crippen molar-refractivity contribution in [2.24, 2.45) is 0 Å². The third-order valence-electron chi connectivity index (χ3n) is 6.47. The topological polar surface area (TPSA) is 103 Å². The normalized spacial score (nSPS) is 22.2. The Hall–Kier alpha value is -2.82. The molecule has 2 aromatic carbocycles. The number of nitrogens with zero attached hydrogens (tertiary/aromatic N) is 2. The van der Waals surface area contributed by atoms with Crippen molar-refractivity contribution >= 4 is 39.2 Å². The molecule has 1 saturated heterocycles. The summed E-state index contributed by atoms with van der Waals surface area (Å²) in [5.74, 6) is 0.0877. The Morgan fingerprint density at radius 2 is 2.06 bits per heavy atom. The van der Waals surface area contributed by atoms with Crippen molar-refractivity contribution in [3.05, 3.63) is 46.4 Å². The Bertz CT molecular complexity index is 1100.